The van der Waals surface area contributed by atoms with Crippen LogP contribution in [-0.4, -0.2) is 40.6 Å². The topological polar surface area (TPSA) is 64.4 Å². The van der Waals surface area contributed by atoms with Gasteiger partial charge in [-0.25, -0.2) is 4.98 Å². The molecular weight excluding hydrogens is 362 g/mol. The minimum atomic E-state index is -0.157. The molecule has 0 radical (unpaired) electrons. The Kier molecular flexibility index (Phi) is 4.94. The maximum Gasteiger partial charge on any atom is 0.271 e. The van der Waals surface area contributed by atoms with Gasteiger partial charge >= 0.3 is 0 Å². The molecule has 3 heterocycles. The lowest BCUT2D eigenvalue weighted by Crippen LogP contribution is -2.39. The molecule has 0 aliphatic carbocycles. The number of hydrogen-bond donors (Lipinski definition) is 0. The summed E-state index contributed by atoms with van der Waals surface area (Å²) in [6.45, 7) is 1.62. The van der Waals surface area contributed by atoms with Crippen LogP contribution in [0.3, 0.4) is 0 Å². The van der Waals surface area contributed by atoms with Gasteiger partial charge in [0.25, 0.3) is 5.56 Å². The molecule has 2 aromatic heterocycles. The molecular formula is C20H21N3O3S. The SMILES string of the molecule is COc1ccc(-c2csc3c(=O)n(CC(=O)N4CCCCC4)cnc23)cc1. The molecule has 1 aliphatic heterocycles. The highest BCUT2D eigenvalue weighted by Gasteiger charge is 2.19. The van der Waals surface area contributed by atoms with Gasteiger partial charge in [-0.05, 0) is 37.0 Å². The first kappa shape index (κ1) is 17.7. The van der Waals surface area contributed by atoms with Gasteiger partial charge in [-0.1, -0.05) is 12.1 Å². The highest BCUT2D eigenvalue weighted by molar-refractivity contribution is 7.17. The molecule has 0 spiro atoms. The smallest absolute Gasteiger partial charge is 0.271 e. The number of thiophene rings is 1. The molecule has 7 heteroatoms. The summed E-state index contributed by atoms with van der Waals surface area (Å²) in [5.74, 6) is 0.773. The van der Waals surface area contributed by atoms with Gasteiger partial charge in [0.2, 0.25) is 5.91 Å². The van der Waals surface area contributed by atoms with E-state index >= 15 is 0 Å². The number of ether oxygens (including phenoxy) is 1. The van der Waals surface area contributed by atoms with E-state index in [4.69, 9.17) is 4.74 Å². The average molecular weight is 383 g/mol. The van der Waals surface area contributed by atoms with E-state index in [1.807, 2.05) is 34.5 Å². The van der Waals surface area contributed by atoms with E-state index in [0.717, 1.165) is 42.8 Å². The third-order valence-electron chi connectivity index (χ3n) is 4.96. The standard InChI is InChI=1S/C20H21N3O3S/c1-26-15-7-5-14(6-8-15)16-12-27-19-18(16)21-13-23(20(19)25)11-17(24)22-9-3-2-4-10-22/h5-8,12-13H,2-4,9-11H2,1H3. The van der Waals surface area contributed by atoms with Crippen LogP contribution in [0, 0.1) is 0 Å². The predicted octanol–water partition coefficient (Wildman–Crippen LogP) is 3.15. The van der Waals surface area contributed by atoms with Crippen molar-refractivity contribution in [1.29, 1.82) is 0 Å². The highest BCUT2D eigenvalue weighted by atomic mass is 32.1. The summed E-state index contributed by atoms with van der Waals surface area (Å²) in [6, 6.07) is 7.68. The van der Waals surface area contributed by atoms with Crippen molar-refractivity contribution in [2.45, 2.75) is 25.8 Å². The van der Waals surface area contributed by atoms with Crippen molar-refractivity contribution in [2.75, 3.05) is 20.2 Å². The van der Waals surface area contributed by atoms with Crippen LogP contribution in [0.25, 0.3) is 21.3 Å². The monoisotopic (exact) mass is 383 g/mol. The van der Waals surface area contributed by atoms with Crippen LogP contribution in [0.2, 0.25) is 0 Å². The summed E-state index contributed by atoms with van der Waals surface area (Å²) in [4.78, 5) is 31.6. The van der Waals surface area contributed by atoms with Crippen molar-refractivity contribution < 1.29 is 9.53 Å². The first-order chi connectivity index (χ1) is 13.2. The fourth-order valence-electron chi connectivity index (χ4n) is 3.42. The second-order valence-corrected chi connectivity index (χ2v) is 7.55. The molecule has 1 aliphatic rings. The number of carbonyl (C=O) groups excluding carboxylic acids is 1. The largest absolute Gasteiger partial charge is 0.497 e. The fraction of sp³-hybridized carbons (Fsp3) is 0.350. The Hall–Kier alpha value is -2.67. The molecule has 0 bridgehead atoms. The molecule has 0 saturated carbocycles. The second-order valence-electron chi connectivity index (χ2n) is 6.67. The molecule has 27 heavy (non-hydrogen) atoms. The van der Waals surface area contributed by atoms with E-state index in [1.165, 1.54) is 28.7 Å². The number of rotatable bonds is 4. The molecule has 1 amide bonds. The maximum absolute atomic E-state index is 12.8. The van der Waals surface area contributed by atoms with E-state index in [-0.39, 0.29) is 18.0 Å². The van der Waals surface area contributed by atoms with Gasteiger partial charge in [0.05, 0.1) is 19.0 Å². The number of benzene rings is 1. The zero-order valence-electron chi connectivity index (χ0n) is 15.2. The van der Waals surface area contributed by atoms with Crippen molar-refractivity contribution in [2.24, 2.45) is 0 Å². The number of aromatic nitrogens is 2. The van der Waals surface area contributed by atoms with Gasteiger partial charge in [-0.3, -0.25) is 14.2 Å². The third kappa shape index (κ3) is 3.47. The lowest BCUT2D eigenvalue weighted by Gasteiger charge is -2.26. The van der Waals surface area contributed by atoms with Crippen LogP contribution in [0.1, 0.15) is 19.3 Å². The predicted molar refractivity (Wildman–Crippen MR) is 106 cm³/mol. The lowest BCUT2D eigenvalue weighted by molar-refractivity contribution is -0.132. The van der Waals surface area contributed by atoms with Gasteiger partial charge in [0.1, 0.15) is 17.0 Å². The van der Waals surface area contributed by atoms with Crippen LogP contribution in [0.15, 0.2) is 40.8 Å². The van der Waals surface area contributed by atoms with Crippen LogP contribution >= 0.6 is 11.3 Å². The number of amides is 1. The van der Waals surface area contributed by atoms with Gasteiger partial charge in [-0.15, -0.1) is 11.3 Å². The molecule has 6 nitrogen and oxygen atoms in total. The van der Waals surface area contributed by atoms with E-state index < -0.39 is 0 Å². The number of fused-ring (bicyclic) bond motifs is 1. The van der Waals surface area contributed by atoms with E-state index in [0.29, 0.717) is 10.2 Å². The number of nitrogens with zero attached hydrogens (tertiary/aromatic N) is 3. The van der Waals surface area contributed by atoms with Crippen LogP contribution in [-0.2, 0) is 11.3 Å². The van der Waals surface area contributed by atoms with Crippen molar-refractivity contribution in [3.05, 3.63) is 46.3 Å². The van der Waals surface area contributed by atoms with Crippen molar-refractivity contribution in [1.82, 2.24) is 14.5 Å². The quantitative estimate of drug-likeness (QED) is 0.694. The summed E-state index contributed by atoms with van der Waals surface area (Å²) >= 11 is 1.37. The Bertz CT molecular complexity index is 1020. The molecule has 1 aromatic carbocycles. The lowest BCUT2D eigenvalue weighted by atomic mass is 10.1. The van der Waals surface area contributed by atoms with Gasteiger partial charge in [0.15, 0.2) is 0 Å². The number of piperidine rings is 1. The summed E-state index contributed by atoms with van der Waals surface area (Å²) in [5, 5.41) is 1.94. The zero-order valence-corrected chi connectivity index (χ0v) is 16.0. The van der Waals surface area contributed by atoms with E-state index in [9.17, 15) is 9.59 Å². The van der Waals surface area contributed by atoms with Crippen LogP contribution in [0.5, 0.6) is 5.75 Å². The molecule has 4 rings (SSSR count). The fourth-order valence-corrected chi connectivity index (χ4v) is 4.39. The molecule has 1 fully saturated rings. The Morgan fingerprint density at radius 1 is 1.19 bits per heavy atom. The summed E-state index contributed by atoms with van der Waals surface area (Å²) in [6.07, 6.45) is 4.73. The Morgan fingerprint density at radius 2 is 1.93 bits per heavy atom. The molecule has 0 unspecified atom stereocenters. The van der Waals surface area contributed by atoms with Gasteiger partial charge in [-0.2, -0.15) is 0 Å². The van der Waals surface area contributed by atoms with Gasteiger partial charge in [0, 0.05) is 24.0 Å². The molecule has 0 atom stereocenters. The Morgan fingerprint density at radius 3 is 2.63 bits per heavy atom. The average Bonchev–Trinajstić information content (AvgIpc) is 3.15. The van der Waals surface area contributed by atoms with Crippen molar-refractivity contribution >= 4 is 27.5 Å². The summed E-state index contributed by atoms with van der Waals surface area (Å²) in [5.41, 5.74) is 2.42. The molecule has 140 valence electrons. The van der Waals surface area contributed by atoms with Gasteiger partial charge < -0.3 is 9.64 Å². The van der Waals surface area contributed by atoms with Crippen molar-refractivity contribution in [3.63, 3.8) is 0 Å². The minimum absolute atomic E-state index is 0.00937. The molecule has 1 saturated heterocycles. The number of carbonyl (C=O) groups is 1. The highest BCUT2D eigenvalue weighted by Crippen LogP contribution is 2.31. The van der Waals surface area contributed by atoms with E-state index in [1.54, 1.807) is 7.11 Å². The normalized spacial score (nSPS) is 14.5. The van der Waals surface area contributed by atoms with Crippen LogP contribution in [0.4, 0.5) is 0 Å². The number of hydrogen-bond acceptors (Lipinski definition) is 5. The Balaban J connectivity index is 1.63. The van der Waals surface area contributed by atoms with Crippen LogP contribution < -0.4 is 10.3 Å². The zero-order chi connectivity index (χ0) is 18.8. The third-order valence-corrected chi connectivity index (χ3v) is 5.92. The summed E-state index contributed by atoms with van der Waals surface area (Å²) < 4.78 is 7.20. The van der Waals surface area contributed by atoms with E-state index in [2.05, 4.69) is 4.98 Å². The minimum Gasteiger partial charge on any atom is -0.497 e. The number of likely N-dealkylation sites (tertiary alicyclic amines) is 1. The Labute approximate surface area is 161 Å². The first-order valence-corrected chi connectivity index (χ1v) is 9.94. The second kappa shape index (κ2) is 7.52. The maximum atomic E-state index is 12.8. The summed E-state index contributed by atoms with van der Waals surface area (Å²) in [7, 11) is 1.63. The molecule has 3 aromatic rings. The molecule has 0 N–H and O–H groups in total. The first-order valence-electron chi connectivity index (χ1n) is 9.06. The number of methoxy groups -OCH3 is 1. The van der Waals surface area contributed by atoms with Crippen molar-refractivity contribution in [3.8, 4) is 16.9 Å².